The van der Waals surface area contributed by atoms with Gasteiger partial charge in [-0.2, -0.15) is 20.2 Å². The fourth-order valence-corrected chi connectivity index (χ4v) is 2.64. The summed E-state index contributed by atoms with van der Waals surface area (Å²) in [6, 6.07) is 2.17. The van der Waals surface area contributed by atoms with E-state index in [-0.39, 0.29) is 12.6 Å². The van der Waals surface area contributed by atoms with Crippen molar-refractivity contribution in [1.82, 2.24) is 15.0 Å². The number of piperidine rings is 1. The van der Waals surface area contributed by atoms with Crippen LogP contribution in [0.15, 0.2) is 0 Å². The molecule has 8 nitrogen and oxygen atoms in total. The van der Waals surface area contributed by atoms with Gasteiger partial charge in [-0.1, -0.05) is 0 Å². The molecule has 0 unspecified atom stereocenters. The molecule has 0 atom stereocenters. The van der Waals surface area contributed by atoms with E-state index < -0.39 is 0 Å². The fourth-order valence-electron chi connectivity index (χ4n) is 2.64. The normalized spacial score (nSPS) is 18.9. The van der Waals surface area contributed by atoms with Gasteiger partial charge in [-0.3, -0.25) is 0 Å². The van der Waals surface area contributed by atoms with Crippen LogP contribution in [-0.4, -0.2) is 61.0 Å². The molecule has 3 heterocycles. The Morgan fingerprint density at radius 2 is 1.59 bits per heavy atom. The first-order chi connectivity index (χ1) is 10.9. The van der Waals surface area contributed by atoms with Gasteiger partial charge in [0.25, 0.3) is 0 Å². The molecule has 0 saturated carbocycles. The van der Waals surface area contributed by atoms with Gasteiger partial charge in [0.15, 0.2) is 6.61 Å². The zero-order valence-electron chi connectivity index (χ0n) is 12.6. The molecular weight excluding hydrogens is 284 g/mol. The quantitative estimate of drug-likeness (QED) is 0.799. The lowest BCUT2D eigenvalue weighted by Gasteiger charge is -2.30. The van der Waals surface area contributed by atoms with Gasteiger partial charge < -0.3 is 19.3 Å². The molecule has 8 heteroatoms. The van der Waals surface area contributed by atoms with Crippen molar-refractivity contribution in [3.63, 3.8) is 0 Å². The minimum Gasteiger partial charge on any atom is -0.448 e. The van der Waals surface area contributed by atoms with E-state index in [0.717, 1.165) is 39.0 Å². The summed E-state index contributed by atoms with van der Waals surface area (Å²) in [5, 5.41) is 8.68. The van der Waals surface area contributed by atoms with Gasteiger partial charge in [0.1, 0.15) is 6.07 Å². The molecule has 2 fully saturated rings. The van der Waals surface area contributed by atoms with Gasteiger partial charge in [-0.05, 0) is 19.3 Å². The van der Waals surface area contributed by atoms with Gasteiger partial charge in [-0.15, -0.1) is 0 Å². The summed E-state index contributed by atoms with van der Waals surface area (Å²) in [6.07, 6.45) is 3.54. The molecule has 2 aliphatic heterocycles. The number of aromatic nitrogens is 3. The summed E-state index contributed by atoms with van der Waals surface area (Å²) in [5.41, 5.74) is 0. The third-order valence-corrected chi connectivity index (χ3v) is 3.79. The molecule has 0 amide bonds. The van der Waals surface area contributed by atoms with Crippen LogP contribution in [0.2, 0.25) is 0 Å². The number of nitrogens with zero attached hydrogens (tertiary/aromatic N) is 6. The molecule has 0 aromatic carbocycles. The number of hydrogen-bond acceptors (Lipinski definition) is 8. The highest BCUT2D eigenvalue weighted by Crippen LogP contribution is 2.21. The van der Waals surface area contributed by atoms with Crippen LogP contribution in [-0.2, 0) is 4.74 Å². The number of anilines is 2. The second-order valence-corrected chi connectivity index (χ2v) is 5.31. The highest BCUT2D eigenvalue weighted by Gasteiger charge is 2.20. The van der Waals surface area contributed by atoms with Crippen molar-refractivity contribution in [1.29, 1.82) is 5.26 Å². The van der Waals surface area contributed by atoms with Crippen LogP contribution in [0.1, 0.15) is 19.3 Å². The minimum atomic E-state index is -0.0635. The molecule has 0 N–H and O–H groups in total. The molecule has 0 bridgehead atoms. The van der Waals surface area contributed by atoms with Crippen molar-refractivity contribution in [3.05, 3.63) is 0 Å². The van der Waals surface area contributed by atoms with Crippen molar-refractivity contribution < 1.29 is 9.47 Å². The van der Waals surface area contributed by atoms with Crippen LogP contribution >= 0.6 is 0 Å². The molecule has 0 aliphatic carbocycles. The molecular formula is C14H20N6O2. The number of rotatable bonds is 4. The van der Waals surface area contributed by atoms with E-state index in [2.05, 4.69) is 24.8 Å². The van der Waals surface area contributed by atoms with E-state index in [0.29, 0.717) is 25.1 Å². The summed E-state index contributed by atoms with van der Waals surface area (Å²) in [7, 11) is 0. The van der Waals surface area contributed by atoms with Gasteiger partial charge in [0, 0.05) is 26.2 Å². The first-order valence-electron chi connectivity index (χ1n) is 7.70. The zero-order valence-corrected chi connectivity index (χ0v) is 12.6. The van der Waals surface area contributed by atoms with Gasteiger partial charge >= 0.3 is 6.01 Å². The largest absolute Gasteiger partial charge is 0.448 e. The second-order valence-electron chi connectivity index (χ2n) is 5.31. The molecule has 118 valence electrons. The summed E-state index contributed by atoms with van der Waals surface area (Å²) < 4.78 is 10.7. The Morgan fingerprint density at radius 3 is 2.23 bits per heavy atom. The number of morpholine rings is 1. The van der Waals surface area contributed by atoms with Gasteiger partial charge in [0.2, 0.25) is 11.9 Å². The van der Waals surface area contributed by atoms with Crippen LogP contribution in [0, 0.1) is 11.3 Å². The van der Waals surface area contributed by atoms with Crippen molar-refractivity contribution in [2.45, 2.75) is 19.3 Å². The average Bonchev–Trinajstić information content (AvgIpc) is 2.61. The van der Waals surface area contributed by atoms with Gasteiger partial charge in [0.05, 0.1) is 13.2 Å². The lowest BCUT2D eigenvalue weighted by molar-refractivity contribution is 0.122. The second kappa shape index (κ2) is 7.22. The molecule has 3 rings (SSSR count). The molecule has 0 spiro atoms. The predicted octanol–water partition coefficient (Wildman–Crippen LogP) is 0.601. The van der Waals surface area contributed by atoms with E-state index in [1.807, 2.05) is 6.07 Å². The molecule has 2 aliphatic rings. The average molecular weight is 304 g/mol. The summed E-state index contributed by atoms with van der Waals surface area (Å²) in [4.78, 5) is 17.5. The van der Waals surface area contributed by atoms with E-state index in [1.165, 1.54) is 6.42 Å². The lowest BCUT2D eigenvalue weighted by atomic mass is 10.1. The fraction of sp³-hybridized carbons (Fsp3) is 0.714. The molecule has 2 saturated heterocycles. The van der Waals surface area contributed by atoms with Crippen molar-refractivity contribution in [2.24, 2.45) is 0 Å². The Labute approximate surface area is 129 Å². The highest BCUT2D eigenvalue weighted by atomic mass is 16.5. The van der Waals surface area contributed by atoms with Crippen molar-refractivity contribution in [2.75, 3.05) is 55.8 Å². The van der Waals surface area contributed by atoms with Crippen LogP contribution in [0.3, 0.4) is 0 Å². The Hall–Kier alpha value is -2.14. The SMILES string of the molecule is N#CCOc1nc(N2CCCCC2)nc(N2CCOCC2)n1. The van der Waals surface area contributed by atoms with Crippen LogP contribution in [0.5, 0.6) is 6.01 Å². The highest BCUT2D eigenvalue weighted by molar-refractivity contribution is 5.41. The molecule has 22 heavy (non-hydrogen) atoms. The third-order valence-electron chi connectivity index (χ3n) is 3.79. The standard InChI is InChI=1S/C14H20N6O2/c15-4-9-22-14-17-12(19-5-2-1-3-6-19)16-13(18-14)20-7-10-21-11-8-20/h1-3,5-11H2. The maximum absolute atomic E-state index is 8.68. The number of ether oxygens (including phenoxy) is 2. The zero-order chi connectivity index (χ0) is 15.2. The Balaban J connectivity index is 1.85. The molecule has 1 aromatic heterocycles. The van der Waals surface area contributed by atoms with Crippen molar-refractivity contribution >= 4 is 11.9 Å². The third kappa shape index (κ3) is 3.54. The monoisotopic (exact) mass is 304 g/mol. The predicted molar refractivity (Wildman–Crippen MR) is 80.0 cm³/mol. The van der Waals surface area contributed by atoms with E-state index in [4.69, 9.17) is 14.7 Å². The van der Waals surface area contributed by atoms with Gasteiger partial charge in [-0.25, -0.2) is 0 Å². The van der Waals surface area contributed by atoms with E-state index >= 15 is 0 Å². The summed E-state index contributed by atoms with van der Waals surface area (Å²) >= 11 is 0. The van der Waals surface area contributed by atoms with E-state index in [9.17, 15) is 0 Å². The van der Waals surface area contributed by atoms with Crippen LogP contribution in [0.25, 0.3) is 0 Å². The summed E-state index contributed by atoms with van der Waals surface area (Å²) in [6.45, 7) is 4.67. The first-order valence-corrected chi connectivity index (χ1v) is 7.70. The first kappa shape index (κ1) is 14.8. The number of nitriles is 1. The van der Waals surface area contributed by atoms with Crippen molar-refractivity contribution in [3.8, 4) is 12.1 Å². The lowest BCUT2D eigenvalue weighted by Crippen LogP contribution is -2.38. The minimum absolute atomic E-state index is 0.0635. The smallest absolute Gasteiger partial charge is 0.324 e. The Kier molecular flexibility index (Phi) is 4.85. The topological polar surface area (TPSA) is 87.4 Å². The molecule has 0 radical (unpaired) electrons. The summed E-state index contributed by atoms with van der Waals surface area (Å²) in [5.74, 6) is 1.25. The Bertz CT molecular complexity index is 498. The van der Waals surface area contributed by atoms with E-state index in [1.54, 1.807) is 0 Å². The Morgan fingerprint density at radius 1 is 0.955 bits per heavy atom. The molecule has 1 aromatic rings. The maximum Gasteiger partial charge on any atom is 0.324 e. The maximum atomic E-state index is 8.68. The number of hydrogen-bond donors (Lipinski definition) is 0. The van der Waals surface area contributed by atoms with Crippen LogP contribution < -0.4 is 14.5 Å². The van der Waals surface area contributed by atoms with Crippen LogP contribution in [0.4, 0.5) is 11.9 Å².